The van der Waals surface area contributed by atoms with Crippen LogP contribution in [0.3, 0.4) is 0 Å². The number of morpholine rings is 1. The Morgan fingerprint density at radius 3 is 2.50 bits per heavy atom. The largest absolute Gasteiger partial charge is 0.416 e. The average molecular weight is 566 g/mol. The van der Waals surface area contributed by atoms with Crippen molar-refractivity contribution in [3.8, 4) is 0 Å². The number of hydrogen-bond acceptors (Lipinski definition) is 4. The van der Waals surface area contributed by atoms with E-state index >= 15 is 0 Å². The van der Waals surface area contributed by atoms with Crippen LogP contribution in [0.15, 0.2) is 47.7 Å². The molecule has 32 heavy (non-hydrogen) atoms. The van der Waals surface area contributed by atoms with Crippen molar-refractivity contribution in [2.45, 2.75) is 25.2 Å². The Kier molecular flexibility index (Phi) is 10.7. The molecule has 2 heterocycles. The predicted octanol–water partition coefficient (Wildman–Crippen LogP) is 3.15. The number of aromatic nitrogens is 2. The lowest BCUT2D eigenvalue weighted by Crippen LogP contribution is -2.46. The molecule has 3 rings (SSSR count). The molecule has 2 N–H and O–H groups in total. The van der Waals surface area contributed by atoms with Crippen LogP contribution in [0.2, 0.25) is 0 Å². The standard InChI is InChI=1S/C21H29F3N6O.HI/c1-25-20(26-8-2-10-30-11-3-9-28-30)27-16-19(29-12-14-31-15-13-29)17-4-6-18(7-5-17)21(22,23)24;/h3-7,9,11,19H,2,8,10,12-16H2,1H3,(H2,25,26,27);1H. The Hall–Kier alpha value is -1.86. The van der Waals surface area contributed by atoms with Crippen molar-refractivity contribution in [1.82, 2.24) is 25.3 Å². The summed E-state index contributed by atoms with van der Waals surface area (Å²) in [6.45, 7) is 4.72. The van der Waals surface area contributed by atoms with Gasteiger partial charge >= 0.3 is 6.18 Å². The number of aliphatic imine (C=N–C) groups is 1. The van der Waals surface area contributed by atoms with Gasteiger partial charge in [0.15, 0.2) is 5.96 Å². The zero-order valence-electron chi connectivity index (χ0n) is 18.0. The molecule has 11 heteroatoms. The van der Waals surface area contributed by atoms with E-state index in [-0.39, 0.29) is 30.0 Å². The molecule has 1 aromatic carbocycles. The van der Waals surface area contributed by atoms with Gasteiger partial charge in [0.05, 0.1) is 24.8 Å². The number of hydrogen-bond donors (Lipinski definition) is 2. The molecule has 0 bridgehead atoms. The number of rotatable bonds is 8. The number of nitrogens with one attached hydrogen (secondary N) is 2. The molecule has 0 aliphatic carbocycles. The van der Waals surface area contributed by atoms with Gasteiger partial charge in [0.1, 0.15) is 0 Å². The third-order valence-corrected chi connectivity index (χ3v) is 5.21. The van der Waals surface area contributed by atoms with Gasteiger partial charge in [0.25, 0.3) is 0 Å². The van der Waals surface area contributed by atoms with Crippen molar-refractivity contribution in [3.05, 3.63) is 53.9 Å². The summed E-state index contributed by atoms with van der Waals surface area (Å²) < 4.78 is 46.1. The van der Waals surface area contributed by atoms with Crippen molar-refractivity contribution in [3.63, 3.8) is 0 Å². The Balaban J connectivity index is 0.00000363. The Bertz CT molecular complexity index is 808. The zero-order valence-corrected chi connectivity index (χ0v) is 20.3. The third-order valence-electron chi connectivity index (χ3n) is 5.21. The maximum atomic E-state index is 12.9. The molecule has 1 unspecified atom stereocenters. The predicted molar refractivity (Wildman–Crippen MR) is 128 cm³/mol. The summed E-state index contributed by atoms with van der Waals surface area (Å²) in [5.41, 5.74) is 0.191. The number of nitrogens with zero attached hydrogens (tertiary/aromatic N) is 4. The van der Waals surface area contributed by atoms with E-state index < -0.39 is 11.7 Å². The second-order valence-corrected chi connectivity index (χ2v) is 7.29. The quantitative estimate of drug-likeness (QED) is 0.223. The Morgan fingerprint density at radius 2 is 1.91 bits per heavy atom. The lowest BCUT2D eigenvalue weighted by Gasteiger charge is -2.35. The van der Waals surface area contributed by atoms with Crippen LogP contribution in [0.5, 0.6) is 0 Å². The van der Waals surface area contributed by atoms with E-state index in [1.54, 1.807) is 25.4 Å². The molecule has 1 atom stereocenters. The Morgan fingerprint density at radius 1 is 1.19 bits per heavy atom. The summed E-state index contributed by atoms with van der Waals surface area (Å²) in [7, 11) is 1.70. The fourth-order valence-corrected chi connectivity index (χ4v) is 3.54. The lowest BCUT2D eigenvalue weighted by atomic mass is 10.0. The average Bonchev–Trinajstić information content (AvgIpc) is 3.29. The Labute approximate surface area is 203 Å². The number of halogens is 4. The van der Waals surface area contributed by atoms with Crippen LogP contribution >= 0.6 is 24.0 Å². The van der Waals surface area contributed by atoms with Gasteiger partial charge in [-0.2, -0.15) is 18.3 Å². The number of guanidine groups is 1. The van der Waals surface area contributed by atoms with Gasteiger partial charge in [-0.05, 0) is 30.2 Å². The molecule has 0 amide bonds. The first-order valence-corrected chi connectivity index (χ1v) is 10.4. The van der Waals surface area contributed by atoms with E-state index in [1.165, 1.54) is 0 Å². The first-order chi connectivity index (χ1) is 15.0. The van der Waals surface area contributed by atoms with Crippen molar-refractivity contribution < 1.29 is 17.9 Å². The minimum absolute atomic E-state index is 0. The summed E-state index contributed by atoms with van der Waals surface area (Å²) in [6, 6.07) is 7.21. The molecule has 1 fully saturated rings. The van der Waals surface area contributed by atoms with Gasteiger partial charge in [-0.25, -0.2) is 0 Å². The summed E-state index contributed by atoms with van der Waals surface area (Å²) in [5.74, 6) is 0.658. The number of ether oxygens (including phenoxy) is 1. The fourth-order valence-electron chi connectivity index (χ4n) is 3.54. The molecule has 0 saturated carbocycles. The summed E-state index contributed by atoms with van der Waals surface area (Å²) in [5, 5.41) is 10.8. The molecule has 1 aliphatic rings. The van der Waals surface area contributed by atoms with Gasteiger partial charge in [-0.1, -0.05) is 12.1 Å². The minimum atomic E-state index is -4.34. The molecular formula is C21H30F3IN6O. The van der Waals surface area contributed by atoms with Gasteiger partial charge in [-0.3, -0.25) is 14.6 Å². The van der Waals surface area contributed by atoms with Crippen LogP contribution in [0.1, 0.15) is 23.6 Å². The second kappa shape index (κ2) is 13.0. The molecule has 7 nitrogen and oxygen atoms in total. The number of benzene rings is 1. The van der Waals surface area contributed by atoms with Crippen molar-refractivity contribution in [2.24, 2.45) is 4.99 Å². The fraction of sp³-hybridized carbons (Fsp3) is 0.524. The highest BCUT2D eigenvalue weighted by Crippen LogP contribution is 2.31. The van der Waals surface area contributed by atoms with E-state index in [1.807, 2.05) is 16.9 Å². The maximum Gasteiger partial charge on any atom is 0.416 e. The van der Waals surface area contributed by atoms with Crippen LogP contribution in [0.25, 0.3) is 0 Å². The highest BCUT2D eigenvalue weighted by Gasteiger charge is 2.31. The normalized spacial score (nSPS) is 16.3. The monoisotopic (exact) mass is 566 g/mol. The maximum absolute atomic E-state index is 12.9. The molecule has 1 aromatic heterocycles. The highest BCUT2D eigenvalue weighted by atomic mass is 127. The third kappa shape index (κ3) is 7.93. The first kappa shape index (κ1) is 26.4. The van der Waals surface area contributed by atoms with E-state index in [0.29, 0.717) is 25.7 Å². The molecule has 1 aliphatic heterocycles. The first-order valence-electron chi connectivity index (χ1n) is 10.4. The van der Waals surface area contributed by atoms with Gasteiger partial charge in [0.2, 0.25) is 0 Å². The van der Waals surface area contributed by atoms with E-state index in [2.05, 4.69) is 25.6 Å². The van der Waals surface area contributed by atoms with Crippen molar-refractivity contribution >= 4 is 29.9 Å². The van der Waals surface area contributed by atoms with E-state index in [9.17, 15) is 13.2 Å². The minimum Gasteiger partial charge on any atom is -0.379 e. The second-order valence-electron chi connectivity index (χ2n) is 7.29. The summed E-state index contributed by atoms with van der Waals surface area (Å²) in [6.07, 6.45) is 0.215. The number of aryl methyl sites for hydroxylation is 1. The summed E-state index contributed by atoms with van der Waals surface area (Å²) in [4.78, 5) is 6.49. The van der Waals surface area contributed by atoms with Crippen LogP contribution < -0.4 is 10.6 Å². The van der Waals surface area contributed by atoms with Crippen LogP contribution in [-0.4, -0.2) is 67.1 Å². The van der Waals surface area contributed by atoms with E-state index in [0.717, 1.165) is 50.3 Å². The zero-order chi connectivity index (χ0) is 22.1. The molecule has 0 spiro atoms. The molecular weight excluding hydrogens is 536 g/mol. The number of alkyl halides is 3. The van der Waals surface area contributed by atoms with Crippen LogP contribution in [0, 0.1) is 0 Å². The molecule has 0 radical (unpaired) electrons. The smallest absolute Gasteiger partial charge is 0.379 e. The highest BCUT2D eigenvalue weighted by molar-refractivity contribution is 14.0. The van der Waals surface area contributed by atoms with Crippen LogP contribution in [-0.2, 0) is 17.5 Å². The van der Waals surface area contributed by atoms with E-state index in [4.69, 9.17) is 4.74 Å². The van der Waals surface area contributed by atoms with Gasteiger partial charge in [-0.15, -0.1) is 24.0 Å². The lowest BCUT2D eigenvalue weighted by molar-refractivity contribution is -0.137. The van der Waals surface area contributed by atoms with Crippen molar-refractivity contribution in [1.29, 1.82) is 0 Å². The van der Waals surface area contributed by atoms with Gasteiger partial charge in [0, 0.05) is 52.2 Å². The molecule has 1 saturated heterocycles. The van der Waals surface area contributed by atoms with Crippen molar-refractivity contribution in [2.75, 3.05) is 46.4 Å². The summed E-state index contributed by atoms with van der Waals surface area (Å²) >= 11 is 0. The topological polar surface area (TPSA) is 66.7 Å². The van der Waals surface area contributed by atoms with Gasteiger partial charge < -0.3 is 15.4 Å². The SMILES string of the molecule is CN=C(NCCCn1cccn1)NCC(c1ccc(C(F)(F)F)cc1)N1CCOCC1.I. The molecule has 178 valence electrons. The van der Waals surface area contributed by atoms with Crippen LogP contribution in [0.4, 0.5) is 13.2 Å². The molecule has 2 aromatic rings.